The number of carbonyl (C=O) groups is 1. The second kappa shape index (κ2) is 9.18. The van der Waals surface area contributed by atoms with Crippen LogP contribution in [0.4, 0.5) is 0 Å². The number of nitrogens with zero attached hydrogens (tertiary/aromatic N) is 1. The minimum Gasteiger partial charge on any atom is -0.490 e. The molecule has 1 aliphatic rings. The first-order chi connectivity index (χ1) is 15.1. The van der Waals surface area contributed by atoms with Crippen LogP contribution in [-0.4, -0.2) is 23.8 Å². The van der Waals surface area contributed by atoms with Gasteiger partial charge in [0.1, 0.15) is 24.3 Å². The highest BCUT2D eigenvalue weighted by Gasteiger charge is 2.26. The molecular formula is C24H22ClNO5. The quantitative estimate of drug-likeness (QED) is 0.336. The maximum absolute atomic E-state index is 12.6. The fourth-order valence-electron chi connectivity index (χ4n) is 3.40. The zero-order valence-electron chi connectivity index (χ0n) is 17.0. The van der Waals surface area contributed by atoms with Crippen LogP contribution in [0.5, 0.6) is 5.75 Å². The van der Waals surface area contributed by atoms with Gasteiger partial charge in [-0.3, -0.25) is 0 Å². The van der Waals surface area contributed by atoms with E-state index < -0.39 is 12.3 Å². The molecular weight excluding hydrogens is 418 g/mol. The number of ether oxygens (including phenoxy) is 4. The Morgan fingerprint density at radius 3 is 2.87 bits per heavy atom. The fraction of sp³-hybridized carbons (Fsp3) is 0.208. The lowest BCUT2D eigenvalue weighted by Crippen LogP contribution is -2.13. The van der Waals surface area contributed by atoms with Crippen molar-refractivity contribution in [3.05, 3.63) is 89.5 Å². The van der Waals surface area contributed by atoms with Crippen LogP contribution in [0.3, 0.4) is 0 Å². The molecule has 1 aliphatic heterocycles. The maximum Gasteiger partial charge on any atom is 0.354 e. The maximum atomic E-state index is 12.6. The van der Waals surface area contributed by atoms with Gasteiger partial charge in [-0.1, -0.05) is 42.5 Å². The standard InChI is InChI=1S/C24H22ClNO5/c1-3-11-29-17-9-10-21-16(12-17)13-22(23(27)28-4-2)26(21)14-18-15-30-24(31-18)19-7-5-6-8-20(19)25/h3,5-10,12-13,15,24H,1,4,11,14H2,2H3. The molecule has 160 valence electrons. The van der Waals surface area contributed by atoms with Crippen LogP contribution in [0.15, 0.2) is 73.2 Å². The van der Waals surface area contributed by atoms with E-state index in [0.717, 1.165) is 16.5 Å². The Morgan fingerprint density at radius 1 is 1.26 bits per heavy atom. The molecule has 0 saturated heterocycles. The molecule has 2 heterocycles. The number of esters is 1. The van der Waals surface area contributed by atoms with Crippen LogP contribution in [-0.2, 0) is 20.8 Å². The van der Waals surface area contributed by atoms with E-state index >= 15 is 0 Å². The highest BCUT2D eigenvalue weighted by Crippen LogP contribution is 2.34. The lowest BCUT2D eigenvalue weighted by atomic mass is 10.2. The molecule has 1 atom stereocenters. The zero-order chi connectivity index (χ0) is 21.8. The lowest BCUT2D eigenvalue weighted by Gasteiger charge is -2.15. The molecule has 0 radical (unpaired) electrons. The molecule has 0 bridgehead atoms. The van der Waals surface area contributed by atoms with Crippen molar-refractivity contribution in [3.8, 4) is 5.75 Å². The third-order valence-corrected chi connectivity index (χ3v) is 5.12. The topological polar surface area (TPSA) is 58.9 Å². The van der Waals surface area contributed by atoms with Crippen LogP contribution in [0.25, 0.3) is 10.9 Å². The van der Waals surface area contributed by atoms with E-state index in [4.69, 9.17) is 30.5 Å². The molecule has 7 heteroatoms. The summed E-state index contributed by atoms with van der Waals surface area (Å²) in [6.07, 6.45) is 2.60. The van der Waals surface area contributed by atoms with E-state index in [9.17, 15) is 4.79 Å². The number of allylic oxidation sites excluding steroid dienone is 1. The summed E-state index contributed by atoms with van der Waals surface area (Å²) in [4.78, 5) is 12.6. The minimum absolute atomic E-state index is 0.283. The monoisotopic (exact) mass is 439 g/mol. The number of halogens is 1. The summed E-state index contributed by atoms with van der Waals surface area (Å²) in [5.41, 5.74) is 2.01. The summed E-state index contributed by atoms with van der Waals surface area (Å²) >= 11 is 6.26. The molecule has 0 saturated carbocycles. The van der Waals surface area contributed by atoms with Gasteiger partial charge in [-0.25, -0.2) is 4.79 Å². The van der Waals surface area contributed by atoms with Crippen molar-refractivity contribution in [2.75, 3.05) is 13.2 Å². The van der Waals surface area contributed by atoms with Crippen LogP contribution < -0.4 is 4.74 Å². The molecule has 0 fully saturated rings. The summed E-state index contributed by atoms with van der Waals surface area (Å²) in [5.74, 6) is 0.854. The normalized spacial score (nSPS) is 15.2. The summed E-state index contributed by atoms with van der Waals surface area (Å²) < 4.78 is 24.4. The Hall–Kier alpha value is -3.38. The smallest absolute Gasteiger partial charge is 0.354 e. The third-order valence-electron chi connectivity index (χ3n) is 4.78. The number of fused-ring (bicyclic) bond motifs is 1. The number of carbonyl (C=O) groups excluding carboxylic acids is 1. The molecule has 3 aromatic rings. The first kappa shape index (κ1) is 20.9. The highest BCUT2D eigenvalue weighted by molar-refractivity contribution is 6.31. The van der Waals surface area contributed by atoms with Crippen LogP contribution >= 0.6 is 11.6 Å². The second-order valence-electron chi connectivity index (χ2n) is 6.85. The van der Waals surface area contributed by atoms with E-state index in [0.29, 0.717) is 35.4 Å². The Balaban J connectivity index is 1.62. The molecule has 4 rings (SSSR count). The number of hydrogen-bond acceptors (Lipinski definition) is 5. The number of rotatable bonds is 8. The minimum atomic E-state index is -0.629. The van der Waals surface area contributed by atoms with Crippen molar-refractivity contribution in [3.63, 3.8) is 0 Å². The summed E-state index contributed by atoms with van der Waals surface area (Å²) in [6, 6.07) is 14.8. The zero-order valence-corrected chi connectivity index (χ0v) is 17.8. The molecule has 2 aromatic carbocycles. The molecule has 0 amide bonds. The summed E-state index contributed by atoms with van der Waals surface area (Å²) in [5, 5.41) is 1.42. The van der Waals surface area contributed by atoms with Crippen LogP contribution in [0.2, 0.25) is 5.02 Å². The Labute approximate surface area is 185 Å². The van der Waals surface area contributed by atoms with Gasteiger partial charge in [-0.05, 0) is 37.3 Å². The van der Waals surface area contributed by atoms with Crippen molar-refractivity contribution >= 4 is 28.5 Å². The third kappa shape index (κ3) is 4.39. The van der Waals surface area contributed by atoms with E-state index in [1.54, 1.807) is 31.4 Å². The van der Waals surface area contributed by atoms with Gasteiger partial charge in [0.2, 0.25) is 0 Å². The van der Waals surface area contributed by atoms with Crippen molar-refractivity contribution in [2.45, 2.75) is 19.8 Å². The highest BCUT2D eigenvalue weighted by atomic mass is 35.5. The Kier molecular flexibility index (Phi) is 6.18. The van der Waals surface area contributed by atoms with Crippen molar-refractivity contribution in [1.82, 2.24) is 4.57 Å². The molecule has 0 N–H and O–H groups in total. The Morgan fingerprint density at radius 2 is 2.10 bits per heavy atom. The first-order valence-corrected chi connectivity index (χ1v) is 10.3. The molecule has 0 aliphatic carbocycles. The summed E-state index contributed by atoms with van der Waals surface area (Å²) in [7, 11) is 0. The molecule has 1 aromatic heterocycles. The molecule has 1 unspecified atom stereocenters. The van der Waals surface area contributed by atoms with Gasteiger partial charge < -0.3 is 23.5 Å². The second-order valence-corrected chi connectivity index (χ2v) is 7.26. The van der Waals surface area contributed by atoms with Gasteiger partial charge >= 0.3 is 5.97 Å². The van der Waals surface area contributed by atoms with Crippen LogP contribution in [0, 0.1) is 0 Å². The SMILES string of the molecule is C=CCOc1ccc2c(c1)cc(C(=O)OCC)n2CC1=COC(c2ccccc2Cl)O1. The first-order valence-electron chi connectivity index (χ1n) is 9.90. The van der Waals surface area contributed by atoms with Crippen molar-refractivity contribution in [2.24, 2.45) is 0 Å². The molecule has 31 heavy (non-hydrogen) atoms. The van der Waals surface area contributed by atoms with E-state index in [1.165, 1.54) is 0 Å². The van der Waals surface area contributed by atoms with Crippen molar-refractivity contribution < 1.29 is 23.7 Å². The summed E-state index contributed by atoms with van der Waals surface area (Å²) in [6.45, 7) is 6.42. The molecule has 0 spiro atoms. The van der Waals surface area contributed by atoms with Crippen molar-refractivity contribution in [1.29, 1.82) is 0 Å². The number of hydrogen-bond donors (Lipinski definition) is 0. The van der Waals surface area contributed by atoms with Gasteiger partial charge in [0.25, 0.3) is 6.29 Å². The fourth-order valence-corrected chi connectivity index (χ4v) is 3.63. The average Bonchev–Trinajstić information content (AvgIpc) is 3.38. The van der Waals surface area contributed by atoms with E-state index in [1.807, 2.05) is 41.0 Å². The molecule has 6 nitrogen and oxygen atoms in total. The van der Waals surface area contributed by atoms with E-state index in [2.05, 4.69) is 6.58 Å². The number of benzene rings is 2. The van der Waals surface area contributed by atoms with E-state index in [-0.39, 0.29) is 6.61 Å². The Bertz CT molecular complexity index is 1150. The lowest BCUT2D eigenvalue weighted by molar-refractivity contribution is -0.0360. The average molecular weight is 440 g/mol. The van der Waals surface area contributed by atoms with Gasteiger partial charge in [0.15, 0.2) is 5.76 Å². The predicted molar refractivity (Wildman–Crippen MR) is 118 cm³/mol. The van der Waals surface area contributed by atoms with Crippen LogP contribution in [0.1, 0.15) is 29.3 Å². The van der Waals surface area contributed by atoms with Gasteiger partial charge in [-0.2, -0.15) is 0 Å². The predicted octanol–water partition coefficient (Wildman–Crippen LogP) is 5.62. The van der Waals surface area contributed by atoms with Gasteiger partial charge in [0.05, 0.1) is 23.7 Å². The largest absolute Gasteiger partial charge is 0.490 e. The van der Waals surface area contributed by atoms with Gasteiger partial charge in [-0.15, -0.1) is 0 Å². The number of aromatic nitrogens is 1. The van der Waals surface area contributed by atoms with Gasteiger partial charge in [0, 0.05) is 10.9 Å².